The van der Waals surface area contributed by atoms with Crippen molar-refractivity contribution >= 4 is 46.7 Å². The molecule has 1 aromatic carbocycles. The maximum Gasteiger partial charge on any atom is 0.407 e. The first-order valence-corrected chi connectivity index (χ1v) is 16.3. The number of hydrogen-bond acceptors (Lipinski definition) is 11. The molecule has 0 spiro atoms. The van der Waals surface area contributed by atoms with Gasteiger partial charge in [0.1, 0.15) is 23.2 Å². The summed E-state index contributed by atoms with van der Waals surface area (Å²) < 4.78 is 66.6. The summed E-state index contributed by atoms with van der Waals surface area (Å²) >= 11 is 2.32. The van der Waals surface area contributed by atoms with Crippen LogP contribution >= 0.6 is 23.9 Å². The maximum atomic E-state index is 15.7. The molecule has 1 atom stereocenters. The number of thioether (sulfide) groups is 1. The van der Waals surface area contributed by atoms with Crippen LogP contribution in [-0.2, 0) is 20.8 Å². The smallest absolute Gasteiger partial charge is 0.407 e. The van der Waals surface area contributed by atoms with Gasteiger partial charge in [0.05, 0.1) is 49.8 Å². The highest BCUT2D eigenvalue weighted by molar-refractivity contribution is 7.98. The summed E-state index contributed by atoms with van der Waals surface area (Å²) in [6.07, 6.45) is 2.19. The van der Waals surface area contributed by atoms with Crippen molar-refractivity contribution in [2.75, 3.05) is 57.0 Å². The van der Waals surface area contributed by atoms with Gasteiger partial charge in [0, 0.05) is 43.4 Å². The average molecular weight is 671 g/mol. The number of benzene rings is 1. The van der Waals surface area contributed by atoms with Gasteiger partial charge in [-0.05, 0) is 51.6 Å². The number of hydrogen-bond donors (Lipinski definition) is 2. The van der Waals surface area contributed by atoms with Gasteiger partial charge in [-0.3, -0.25) is 9.36 Å². The van der Waals surface area contributed by atoms with E-state index in [0.717, 1.165) is 18.2 Å². The Labute approximate surface area is 267 Å². The number of carbonyl (C=O) groups excluding carboxylic acids is 1. The highest BCUT2D eigenvalue weighted by Crippen LogP contribution is 2.32. The molecule has 2 N–H and O–H groups in total. The average Bonchev–Trinajstić information content (AvgIpc) is 3.40. The van der Waals surface area contributed by atoms with Gasteiger partial charge in [-0.1, -0.05) is 11.8 Å². The molecule has 1 amide bonds. The van der Waals surface area contributed by atoms with Crippen LogP contribution in [0.3, 0.4) is 0 Å². The predicted octanol–water partition coefficient (Wildman–Crippen LogP) is 5.04. The number of halogens is 3. The minimum Gasteiger partial charge on any atom is -0.444 e. The number of fused-ring (bicyclic) bond motifs is 1. The molecule has 45 heavy (non-hydrogen) atoms. The molecule has 0 aliphatic carbocycles. The lowest BCUT2D eigenvalue weighted by Gasteiger charge is -2.19. The molecule has 4 rings (SSSR count). The van der Waals surface area contributed by atoms with Crippen molar-refractivity contribution in [2.45, 2.75) is 50.7 Å². The molecule has 1 saturated heterocycles. The first-order valence-electron chi connectivity index (χ1n) is 14.3. The topological polar surface area (TPSA) is 120 Å². The SMILES string of the molecule is CSc1ncc2cc(-c3c(F)ccc(NSN4CC[C@@H](F)C4)c3F)c(=O)n(CCOCCOCCNC(=O)OC(C)(C)C)c2n1. The van der Waals surface area contributed by atoms with E-state index in [1.165, 1.54) is 34.7 Å². The van der Waals surface area contributed by atoms with E-state index in [9.17, 15) is 14.0 Å². The molecule has 1 aliphatic heterocycles. The Morgan fingerprint density at radius 1 is 1.16 bits per heavy atom. The number of alkyl halides is 1. The standard InChI is InChI=1S/C29H37F3N6O5S2/c1-29(2,3)43-28(40)33-8-11-41-13-14-42-12-10-38-25-18(16-34-27(35-25)44-4)15-20(26(38)39)23-21(31)5-6-22(24(23)32)36-45-37-9-7-19(30)17-37/h5-6,15-16,19,36H,7-14,17H2,1-4H3,(H,33,40)/t19-/m1/s1. The monoisotopic (exact) mass is 670 g/mol. The van der Waals surface area contributed by atoms with E-state index >= 15 is 8.78 Å². The van der Waals surface area contributed by atoms with E-state index in [1.807, 2.05) is 0 Å². The number of carbonyl (C=O) groups is 1. The molecular weight excluding hydrogens is 633 g/mol. The summed E-state index contributed by atoms with van der Waals surface area (Å²) in [4.78, 5) is 34.1. The van der Waals surface area contributed by atoms with Gasteiger partial charge < -0.3 is 24.2 Å². The molecule has 0 radical (unpaired) electrons. The zero-order valence-corrected chi connectivity index (χ0v) is 27.2. The second kappa shape index (κ2) is 16.0. The minimum absolute atomic E-state index is 0.0386. The molecule has 16 heteroatoms. The number of aromatic nitrogens is 3. The van der Waals surface area contributed by atoms with Gasteiger partial charge in [-0.2, -0.15) is 0 Å². The van der Waals surface area contributed by atoms with Crippen LogP contribution in [0.4, 0.5) is 23.7 Å². The molecule has 11 nitrogen and oxygen atoms in total. The third-order valence-corrected chi connectivity index (χ3v) is 7.93. The number of amides is 1. The van der Waals surface area contributed by atoms with E-state index in [4.69, 9.17) is 14.2 Å². The third kappa shape index (κ3) is 9.72. The minimum atomic E-state index is -0.956. The summed E-state index contributed by atoms with van der Waals surface area (Å²) in [5, 5.41) is 3.44. The fraction of sp³-hybridized carbons (Fsp3) is 0.517. The Bertz CT molecular complexity index is 1540. The Hall–Kier alpha value is -3.05. The maximum absolute atomic E-state index is 15.7. The second-order valence-corrected chi connectivity index (χ2v) is 12.7. The molecule has 1 aliphatic rings. The number of pyridine rings is 1. The Balaban J connectivity index is 1.44. The molecule has 0 bridgehead atoms. The molecule has 3 aromatic rings. The van der Waals surface area contributed by atoms with Crippen molar-refractivity contribution in [3.63, 3.8) is 0 Å². The van der Waals surface area contributed by atoms with Crippen molar-refractivity contribution in [1.29, 1.82) is 0 Å². The molecule has 3 heterocycles. The van der Waals surface area contributed by atoms with Crippen LogP contribution in [0.1, 0.15) is 27.2 Å². The van der Waals surface area contributed by atoms with Crippen LogP contribution in [0.5, 0.6) is 0 Å². The van der Waals surface area contributed by atoms with E-state index < -0.39 is 40.6 Å². The van der Waals surface area contributed by atoms with Crippen molar-refractivity contribution < 1.29 is 32.2 Å². The predicted molar refractivity (Wildman–Crippen MR) is 169 cm³/mol. The lowest BCUT2D eigenvalue weighted by Crippen LogP contribution is -2.34. The van der Waals surface area contributed by atoms with Crippen molar-refractivity contribution in [1.82, 2.24) is 24.2 Å². The van der Waals surface area contributed by atoms with Gasteiger partial charge >= 0.3 is 6.09 Å². The first-order chi connectivity index (χ1) is 21.5. The zero-order valence-electron chi connectivity index (χ0n) is 25.5. The van der Waals surface area contributed by atoms with Crippen LogP contribution in [0.25, 0.3) is 22.2 Å². The fourth-order valence-electron chi connectivity index (χ4n) is 4.41. The zero-order chi connectivity index (χ0) is 32.6. The molecule has 0 unspecified atom stereocenters. The van der Waals surface area contributed by atoms with Gasteiger partial charge in [0.15, 0.2) is 11.0 Å². The normalized spacial score (nSPS) is 15.5. The fourth-order valence-corrected chi connectivity index (χ4v) is 5.56. The second-order valence-electron chi connectivity index (χ2n) is 11.1. The highest BCUT2D eigenvalue weighted by atomic mass is 32.2. The van der Waals surface area contributed by atoms with Gasteiger partial charge in [0.2, 0.25) is 0 Å². The van der Waals surface area contributed by atoms with E-state index in [-0.39, 0.29) is 57.3 Å². The van der Waals surface area contributed by atoms with Gasteiger partial charge in [-0.25, -0.2) is 32.2 Å². The largest absolute Gasteiger partial charge is 0.444 e. The highest BCUT2D eigenvalue weighted by Gasteiger charge is 2.25. The number of nitrogens with zero attached hydrogens (tertiary/aromatic N) is 4. The van der Waals surface area contributed by atoms with E-state index in [1.54, 1.807) is 31.3 Å². The summed E-state index contributed by atoms with van der Waals surface area (Å²) in [7, 11) is 0. The molecule has 246 valence electrons. The van der Waals surface area contributed by atoms with E-state index in [2.05, 4.69) is 20.0 Å². The number of ether oxygens (including phenoxy) is 3. The Morgan fingerprint density at radius 3 is 2.60 bits per heavy atom. The van der Waals surface area contributed by atoms with E-state index in [0.29, 0.717) is 29.2 Å². The van der Waals surface area contributed by atoms with Crippen LogP contribution in [-0.4, -0.2) is 89.0 Å². The Morgan fingerprint density at radius 2 is 1.91 bits per heavy atom. The van der Waals surface area contributed by atoms with Crippen molar-refractivity contribution in [3.05, 3.63) is 46.4 Å². The third-order valence-electron chi connectivity index (χ3n) is 6.47. The van der Waals surface area contributed by atoms with Gasteiger partial charge in [0.25, 0.3) is 5.56 Å². The summed E-state index contributed by atoms with van der Waals surface area (Å²) in [5.41, 5.74) is -1.66. The molecule has 0 saturated carbocycles. The number of nitrogens with one attached hydrogen (secondary N) is 2. The first kappa shape index (κ1) is 34.8. The van der Waals surface area contributed by atoms with Crippen molar-refractivity contribution in [2.24, 2.45) is 0 Å². The van der Waals surface area contributed by atoms with Crippen molar-refractivity contribution in [3.8, 4) is 11.1 Å². The lowest BCUT2D eigenvalue weighted by molar-refractivity contribution is 0.0383. The quantitative estimate of drug-likeness (QED) is 0.104. The molecule has 2 aromatic heterocycles. The van der Waals surface area contributed by atoms with Crippen LogP contribution < -0.4 is 15.6 Å². The van der Waals surface area contributed by atoms with Crippen LogP contribution in [0.15, 0.2) is 34.3 Å². The Kier molecular flexibility index (Phi) is 12.4. The number of anilines is 1. The summed E-state index contributed by atoms with van der Waals surface area (Å²) in [6.45, 7) is 7.09. The van der Waals surface area contributed by atoms with Gasteiger partial charge in [-0.15, -0.1) is 0 Å². The molecular formula is C29H37F3N6O5S2. The van der Waals surface area contributed by atoms with Crippen LogP contribution in [0.2, 0.25) is 0 Å². The number of alkyl carbamates (subject to hydrolysis) is 1. The summed E-state index contributed by atoms with van der Waals surface area (Å²) in [6, 6.07) is 3.70. The number of rotatable bonds is 14. The summed E-state index contributed by atoms with van der Waals surface area (Å²) in [5.74, 6) is -1.86. The molecule has 1 fully saturated rings. The lowest BCUT2D eigenvalue weighted by atomic mass is 10.0. The van der Waals surface area contributed by atoms with Crippen LogP contribution in [0, 0.1) is 11.6 Å².